The van der Waals surface area contributed by atoms with Crippen molar-refractivity contribution < 1.29 is 23.8 Å². The molecule has 62 heavy (non-hydrogen) atoms. The van der Waals surface area contributed by atoms with E-state index in [1.807, 2.05) is 0 Å². The molecule has 0 aliphatic heterocycles. The van der Waals surface area contributed by atoms with Crippen LogP contribution in [0.4, 0.5) is 0 Å². The van der Waals surface area contributed by atoms with Gasteiger partial charge in [0, 0.05) is 19.4 Å². The van der Waals surface area contributed by atoms with Gasteiger partial charge in [0.2, 0.25) is 0 Å². The van der Waals surface area contributed by atoms with Crippen LogP contribution in [0.15, 0.2) is 60.8 Å². The molecule has 0 amide bonds. The Morgan fingerprint density at radius 1 is 0.355 bits per heavy atom. The van der Waals surface area contributed by atoms with Gasteiger partial charge in [-0.05, 0) is 89.9 Å². The third-order valence-electron chi connectivity index (χ3n) is 11.5. The van der Waals surface area contributed by atoms with Gasteiger partial charge in [-0.2, -0.15) is 0 Å². The first kappa shape index (κ1) is 59.6. The predicted octanol–water partition coefficient (Wildman–Crippen LogP) is 18.1. The molecule has 0 saturated heterocycles. The highest BCUT2D eigenvalue weighted by molar-refractivity contribution is 5.70. The van der Waals surface area contributed by atoms with Gasteiger partial charge in [0.15, 0.2) is 6.10 Å². The zero-order valence-electron chi connectivity index (χ0n) is 41.4. The van der Waals surface area contributed by atoms with Gasteiger partial charge in [-0.3, -0.25) is 9.59 Å². The van der Waals surface area contributed by atoms with Crippen LogP contribution in [-0.4, -0.2) is 37.9 Å². The highest BCUT2D eigenvalue weighted by Crippen LogP contribution is 2.14. The standard InChI is InChI=1S/C57H102O5/c1-4-7-10-13-16-19-21-23-25-27-28-29-31-33-35-37-40-43-46-49-52-60-53-55(62-57(59)51-48-45-42-38-18-15-12-9-6-3)54-61-56(58)50-47-44-41-39-36-34-32-30-26-24-22-20-17-14-11-8-5-2/h16-17,19-20,23-26,28-29,55H,4-15,18,21-22,27,30-54H2,1-3H3/b19-16-,20-17-,25-23-,26-24-,29-28-. The fraction of sp³-hybridized carbons (Fsp3) is 0.789. The minimum Gasteiger partial charge on any atom is -0.462 e. The first-order chi connectivity index (χ1) is 30.6. The summed E-state index contributed by atoms with van der Waals surface area (Å²) in [6.07, 6.45) is 66.6. The quantitative estimate of drug-likeness (QED) is 0.0346. The monoisotopic (exact) mass is 867 g/mol. The molecule has 0 aliphatic rings. The number of ether oxygens (including phenoxy) is 3. The van der Waals surface area contributed by atoms with Gasteiger partial charge < -0.3 is 14.2 Å². The smallest absolute Gasteiger partial charge is 0.306 e. The van der Waals surface area contributed by atoms with E-state index in [0.717, 1.165) is 64.2 Å². The number of esters is 2. The van der Waals surface area contributed by atoms with E-state index in [-0.39, 0.29) is 25.2 Å². The lowest BCUT2D eigenvalue weighted by Crippen LogP contribution is -2.30. The first-order valence-corrected chi connectivity index (χ1v) is 26.8. The molecule has 5 heteroatoms. The fourth-order valence-electron chi connectivity index (χ4n) is 7.49. The summed E-state index contributed by atoms with van der Waals surface area (Å²) in [5, 5.41) is 0. The van der Waals surface area contributed by atoms with E-state index in [1.165, 1.54) is 167 Å². The van der Waals surface area contributed by atoms with Crippen molar-refractivity contribution in [1.82, 2.24) is 0 Å². The number of rotatable bonds is 49. The number of carbonyl (C=O) groups excluding carboxylic acids is 2. The van der Waals surface area contributed by atoms with Crippen molar-refractivity contribution >= 4 is 11.9 Å². The second-order valence-electron chi connectivity index (χ2n) is 17.8. The second-order valence-corrected chi connectivity index (χ2v) is 17.8. The molecule has 360 valence electrons. The lowest BCUT2D eigenvalue weighted by molar-refractivity contribution is -0.163. The maximum atomic E-state index is 12.7. The summed E-state index contributed by atoms with van der Waals surface area (Å²) >= 11 is 0. The van der Waals surface area contributed by atoms with Gasteiger partial charge in [-0.15, -0.1) is 0 Å². The third kappa shape index (κ3) is 50.2. The Morgan fingerprint density at radius 2 is 0.677 bits per heavy atom. The van der Waals surface area contributed by atoms with Gasteiger partial charge in [0.1, 0.15) is 6.61 Å². The third-order valence-corrected chi connectivity index (χ3v) is 11.5. The summed E-state index contributed by atoms with van der Waals surface area (Å²) in [7, 11) is 0. The average molecular weight is 867 g/mol. The van der Waals surface area contributed by atoms with Crippen molar-refractivity contribution in [2.45, 2.75) is 271 Å². The number of allylic oxidation sites excluding steroid dienone is 10. The first-order valence-electron chi connectivity index (χ1n) is 26.8. The largest absolute Gasteiger partial charge is 0.462 e. The summed E-state index contributed by atoms with van der Waals surface area (Å²) in [5.74, 6) is -0.407. The summed E-state index contributed by atoms with van der Waals surface area (Å²) in [6.45, 7) is 7.75. The molecule has 0 aromatic rings. The second kappa shape index (κ2) is 52.9. The minimum atomic E-state index is -0.542. The molecule has 0 heterocycles. The van der Waals surface area contributed by atoms with Gasteiger partial charge in [0.05, 0.1) is 6.61 Å². The summed E-state index contributed by atoms with van der Waals surface area (Å²) in [5.41, 5.74) is 0. The zero-order valence-corrected chi connectivity index (χ0v) is 41.4. The Balaban J connectivity index is 4.19. The molecule has 0 fully saturated rings. The highest BCUT2D eigenvalue weighted by atomic mass is 16.6. The van der Waals surface area contributed by atoms with Crippen molar-refractivity contribution in [1.29, 1.82) is 0 Å². The lowest BCUT2D eigenvalue weighted by atomic mass is 10.1. The SMILES string of the molecule is CCCCC/C=C\C/C=C\C/C=C\CCCCCCCCCOCC(COC(=O)CCCCCCCCC/C=C\C/C=C\CCCCC)OC(=O)CCCCCCCCCCC. The topological polar surface area (TPSA) is 61.8 Å². The van der Waals surface area contributed by atoms with Crippen LogP contribution >= 0.6 is 0 Å². The van der Waals surface area contributed by atoms with Crippen molar-refractivity contribution in [3.63, 3.8) is 0 Å². The van der Waals surface area contributed by atoms with Crippen LogP contribution in [-0.2, 0) is 23.8 Å². The molecule has 5 nitrogen and oxygen atoms in total. The van der Waals surface area contributed by atoms with E-state index in [2.05, 4.69) is 81.5 Å². The van der Waals surface area contributed by atoms with E-state index in [9.17, 15) is 9.59 Å². The van der Waals surface area contributed by atoms with Crippen molar-refractivity contribution in [3.8, 4) is 0 Å². The Kier molecular flexibility index (Phi) is 50.9. The molecule has 0 aromatic heterocycles. The summed E-state index contributed by atoms with van der Waals surface area (Å²) < 4.78 is 17.4. The molecule has 0 aliphatic carbocycles. The van der Waals surface area contributed by atoms with Crippen molar-refractivity contribution in [2.75, 3.05) is 19.8 Å². The van der Waals surface area contributed by atoms with Gasteiger partial charge >= 0.3 is 11.9 Å². The molecule has 0 bridgehead atoms. The lowest BCUT2D eigenvalue weighted by Gasteiger charge is -2.18. The molecule has 0 rings (SSSR count). The minimum absolute atomic E-state index is 0.0781. The van der Waals surface area contributed by atoms with Crippen LogP contribution in [0.25, 0.3) is 0 Å². The van der Waals surface area contributed by atoms with Crippen LogP contribution in [0.1, 0.15) is 265 Å². The van der Waals surface area contributed by atoms with E-state index >= 15 is 0 Å². The summed E-state index contributed by atoms with van der Waals surface area (Å²) in [6, 6.07) is 0. The maximum absolute atomic E-state index is 12.7. The molecule has 0 aromatic carbocycles. The molecule has 0 N–H and O–H groups in total. The summed E-state index contributed by atoms with van der Waals surface area (Å²) in [4.78, 5) is 25.3. The van der Waals surface area contributed by atoms with Crippen molar-refractivity contribution in [2.24, 2.45) is 0 Å². The Morgan fingerprint density at radius 3 is 1.11 bits per heavy atom. The maximum Gasteiger partial charge on any atom is 0.306 e. The molecule has 1 unspecified atom stereocenters. The van der Waals surface area contributed by atoms with Crippen LogP contribution in [0.2, 0.25) is 0 Å². The molecule has 0 spiro atoms. The van der Waals surface area contributed by atoms with E-state index in [1.54, 1.807) is 0 Å². The number of unbranched alkanes of at least 4 members (excludes halogenated alkanes) is 28. The molecular weight excluding hydrogens is 765 g/mol. The molecule has 0 saturated carbocycles. The molecule has 0 radical (unpaired) electrons. The Bertz CT molecular complexity index is 1070. The predicted molar refractivity (Wildman–Crippen MR) is 270 cm³/mol. The van der Waals surface area contributed by atoms with Gasteiger partial charge in [0.25, 0.3) is 0 Å². The zero-order chi connectivity index (χ0) is 44.9. The van der Waals surface area contributed by atoms with E-state index in [0.29, 0.717) is 19.4 Å². The molecular formula is C57H102O5. The van der Waals surface area contributed by atoms with E-state index < -0.39 is 6.10 Å². The number of hydrogen-bond acceptors (Lipinski definition) is 5. The van der Waals surface area contributed by atoms with Crippen LogP contribution in [0.3, 0.4) is 0 Å². The normalized spacial score (nSPS) is 12.6. The van der Waals surface area contributed by atoms with Crippen LogP contribution in [0, 0.1) is 0 Å². The molecule has 1 atom stereocenters. The van der Waals surface area contributed by atoms with E-state index in [4.69, 9.17) is 14.2 Å². The number of carbonyl (C=O) groups is 2. The average Bonchev–Trinajstić information content (AvgIpc) is 3.27. The van der Waals surface area contributed by atoms with Gasteiger partial charge in [-0.1, -0.05) is 223 Å². The fourth-order valence-corrected chi connectivity index (χ4v) is 7.49. The van der Waals surface area contributed by atoms with Gasteiger partial charge in [-0.25, -0.2) is 0 Å². The Labute approximate surface area is 385 Å². The van der Waals surface area contributed by atoms with Crippen LogP contribution < -0.4 is 0 Å². The Hall–Kier alpha value is -2.40. The van der Waals surface area contributed by atoms with Crippen LogP contribution in [0.5, 0.6) is 0 Å². The highest BCUT2D eigenvalue weighted by Gasteiger charge is 2.17. The number of hydrogen-bond donors (Lipinski definition) is 0. The van der Waals surface area contributed by atoms with Crippen molar-refractivity contribution in [3.05, 3.63) is 60.8 Å².